The van der Waals surface area contributed by atoms with Crippen LogP contribution in [0, 0.1) is 13.8 Å². The Bertz CT molecular complexity index is 779. The molecular formula is C16H15ClN2O. The number of aryl methyl sites for hydroxylation is 2. The van der Waals surface area contributed by atoms with Crippen LogP contribution >= 0.6 is 11.6 Å². The third-order valence-electron chi connectivity index (χ3n) is 3.35. The number of furan rings is 1. The summed E-state index contributed by atoms with van der Waals surface area (Å²) in [6.07, 6.45) is 1.82. The minimum absolute atomic E-state index is 0.373. The summed E-state index contributed by atoms with van der Waals surface area (Å²) in [7, 11) is 0. The van der Waals surface area contributed by atoms with Gasteiger partial charge in [-0.25, -0.2) is 0 Å². The van der Waals surface area contributed by atoms with Gasteiger partial charge in [-0.1, -0.05) is 17.7 Å². The van der Waals surface area contributed by atoms with E-state index >= 15 is 0 Å². The first-order chi connectivity index (χ1) is 9.54. The van der Waals surface area contributed by atoms with E-state index < -0.39 is 0 Å². The minimum atomic E-state index is -0.373. The van der Waals surface area contributed by atoms with E-state index in [1.54, 1.807) is 6.07 Å². The molecule has 0 bridgehead atoms. The van der Waals surface area contributed by atoms with Gasteiger partial charge in [0.2, 0.25) is 0 Å². The predicted octanol–water partition coefficient (Wildman–Crippen LogP) is 4.15. The van der Waals surface area contributed by atoms with Crippen molar-refractivity contribution in [3.05, 3.63) is 64.1 Å². The van der Waals surface area contributed by atoms with Crippen LogP contribution in [0.1, 0.15) is 28.6 Å². The van der Waals surface area contributed by atoms with Crippen LogP contribution in [-0.4, -0.2) is 4.98 Å². The Hall–Kier alpha value is -1.84. The normalized spacial score (nSPS) is 12.8. The van der Waals surface area contributed by atoms with Gasteiger partial charge in [0.15, 0.2) is 0 Å². The van der Waals surface area contributed by atoms with Gasteiger partial charge in [0.05, 0.1) is 5.69 Å². The molecule has 0 aliphatic carbocycles. The Morgan fingerprint density at radius 3 is 2.75 bits per heavy atom. The third-order valence-corrected chi connectivity index (χ3v) is 3.59. The molecule has 0 amide bonds. The number of rotatable bonds is 2. The fourth-order valence-corrected chi connectivity index (χ4v) is 2.55. The second-order valence-electron chi connectivity index (χ2n) is 5.02. The lowest BCUT2D eigenvalue weighted by atomic mass is 10.1. The van der Waals surface area contributed by atoms with Crippen molar-refractivity contribution in [1.82, 2.24) is 4.98 Å². The lowest BCUT2D eigenvalue weighted by Crippen LogP contribution is -2.14. The molecular weight excluding hydrogens is 272 g/mol. The van der Waals surface area contributed by atoms with E-state index in [0.717, 1.165) is 27.8 Å². The molecule has 20 heavy (non-hydrogen) atoms. The maximum atomic E-state index is 6.28. The first-order valence-electron chi connectivity index (χ1n) is 6.42. The lowest BCUT2D eigenvalue weighted by molar-refractivity contribution is 0.519. The van der Waals surface area contributed by atoms with Crippen molar-refractivity contribution >= 4 is 22.6 Å². The molecule has 0 fully saturated rings. The summed E-state index contributed by atoms with van der Waals surface area (Å²) >= 11 is 5.98. The highest BCUT2D eigenvalue weighted by Crippen LogP contribution is 2.29. The number of pyridine rings is 1. The van der Waals surface area contributed by atoms with Crippen LogP contribution in [0.3, 0.4) is 0 Å². The van der Waals surface area contributed by atoms with E-state index in [2.05, 4.69) is 11.1 Å². The van der Waals surface area contributed by atoms with Crippen molar-refractivity contribution in [2.45, 2.75) is 19.9 Å². The SMILES string of the molecule is Cc1cnc(C(N)c2cc3cc(Cl)ccc3o2)c(C)c1. The zero-order valence-corrected chi connectivity index (χ0v) is 12.1. The molecule has 0 saturated heterocycles. The van der Waals surface area contributed by atoms with Gasteiger partial charge in [0.25, 0.3) is 0 Å². The zero-order chi connectivity index (χ0) is 14.3. The number of halogens is 1. The Kier molecular flexibility index (Phi) is 3.24. The zero-order valence-electron chi connectivity index (χ0n) is 11.4. The summed E-state index contributed by atoms with van der Waals surface area (Å²) in [6.45, 7) is 4.02. The third kappa shape index (κ3) is 2.30. The second kappa shape index (κ2) is 4.93. The molecule has 0 spiro atoms. The highest BCUT2D eigenvalue weighted by atomic mass is 35.5. The number of nitrogens with zero attached hydrogens (tertiary/aromatic N) is 1. The summed E-state index contributed by atoms with van der Waals surface area (Å²) in [5, 5.41) is 1.63. The fourth-order valence-electron chi connectivity index (χ4n) is 2.37. The summed E-state index contributed by atoms with van der Waals surface area (Å²) < 4.78 is 5.80. The van der Waals surface area contributed by atoms with E-state index in [0.29, 0.717) is 10.8 Å². The molecule has 0 aliphatic heterocycles. The van der Waals surface area contributed by atoms with Gasteiger partial charge in [-0.3, -0.25) is 4.98 Å². The highest BCUT2D eigenvalue weighted by Gasteiger charge is 2.17. The minimum Gasteiger partial charge on any atom is -0.459 e. The molecule has 3 nitrogen and oxygen atoms in total. The molecule has 102 valence electrons. The molecule has 1 unspecified atom stereocenters. The number of hydrogen-bond donors (Lipinski definition) is 1. The van der Waals surface area contributed by atoms with E-state index in [4.69, 9.17) is 21.8 Å². The molecule has 0 radical (unpaired) electrons. The van der Waals surface area contributed by atoms with Crippen LogP contribution in [0.4, 0.5) is 0 Å². The second-order valence-corrected chi connectivity index (χ2v) is 5.46. The van der Waals surface area contributed by atoms with Gasteiger partial charge in [-0.2, -0.15) is 0 Å². The van der Waals surface area contributed by atoms with Crippen LogP contribution in [-0.2, 0) is 0 Å². The number of aromatic nitrogens is 1. The Morgan fingerprint density at radius 2 is 2.00 bits per heavy atom. The molecule has 4 heteroatoms. The average Bonchev–Trinajstić information content (AvgIpc) is 2.81. The Labute approximate surface area is 122 Å². The summed E-state index contributed by atoms with van der Waals surface area (Å²) in [5.41, 5.74) is 10.1. The molecule has 3 rings (SSSR count). The van der Waals surface area contributed by atoms with Gasteiger partial charge >= 0.3 is 0 Å². The maximum Gasteiger partial charge on any atom is 0.134 e. The summed E-state index contributed by atoms with van der Waals surface area (Å²) in [6, 6.07) is 9.14. The maximum absolute atomic E-state index is 6.28. The van der Waals surface area contributed by atoms with Gasteiger partial charge < -0.3 is 10.2 Å². The largest absolute Gasteiger partial charge is 0.459 e. The predicted molar refractivity (Wildman–Crippen MR) is 81.0 cm³/mol. The van der Waals surface area contributed by atoms with Gasteiger partial charge in [-0.05, 0) is 49.2 Å². The molecule has 2 heterocycles. The van der Waals surface area contributed by atoms with Crippen molar-refractivity contribution in [2.24, 2.45) is 5.73 Å². The standard InChI is InChI=1S/C16H15ClN2O/c1-9-5-10(2)16(19-8-9)15(18)14-7-11-6-12(17)3-4-13(11)20-14/h3-8,15H,18H2,1-2H3. The summed E-state index contributed by atoms with van der Waals surface area (Å²) in [4.78, 5) is 4.43. The van der Waals surface area contributed by atoms with Gasteiger partial charge in [0, 0.05) is 16.6 Å². The first kappa shape index (κ1) is 13.2. The molecule has 0 saturated carbocycles. The number of benzene rings is 1. The van der Waals surface area contributed by atoms with Gasteiger partial charge in [-0.15, -0.1) is 0 Å². The van der Waals surface area contributed by atoms with Crippen molar-refractivity contribution in [2.75, 3.05) is 0 Å². The monoisotopic (exact) mass is 286 g/mol. The van der Waals surface area contributed by atoms with E-state index in [1.165, 1.54) is 0 Å². The highest BCUT2D eigenvalue weighted by molar-refractivity contribution is 6.31. The molecule has 2 aromatic heterocycles. The number of hydrogen-bond acceptors (Lipinski definition) is 3. The quantitative estimate of drug-likeness (QED) is 0.770. The average molecular weight is 287 g/mol. The Balaban J connectivity index is 2.05. The van der Waals surface area contributed by atoms with Crippen LogP contribution < -0.4 is 5.73 Å². The van der Waals surface area contributed by atoms with Crippen LogP contribution in [0.5, 0.6) is 0 Å². The van der Waals surface area contributed by atoms with Crippen LogP contribution in [0.25, 0.3) is 11.0 Å². The summed E-state index contributed by atoms with van der Waals surface area (Å²) in [5.74, 6) is 0.696. The lowest BCUT2D eigenvalue weighted by Gasteiger charge is -2.11. The molecule has 3 aromatic rings. The first-order valence-corrected chi connectivity index (χ1v) is 6.80. The van der Waals surface area contributed by atoms with E-state index in [-0.39, 0.29) is 6.04 Å². The van der Waals surface area contributed by atoms with E-state index in [9.17, 15) is 0 Å². The van der Waals surface area contributed by atoms with Crippen molar-refractivity contribution in [3.8, 4) is 0 Å². The smallest absolute Gasteiger partial charge is 0.134 e. The van der Waals surface area contributed by atoms with Crippen molar-refractivity contribution in [3.63, 3.8) is 0 Å². The molecule has 0 aliphatic rings. The molecule has 1 atom stereocenters. The van der Waals surface area contributed by atoms with E-state index in [1.807, 2.05) is 38.2 Å². The molecule has 2 N–H and O–H groups in total. The Morgan fingerprint density at radius 1 is 1.20 bits per heavy atom. The van der Waals surface area contributed by atoms with Crippen molar-refractivity contribution in [1.29, 1.82) is 0 Å². The van der Waals surface area contributed by atoms with Crippen LogP contribution in [0.15, 0.2) is 40.9 Å². The molecule has 1 aromatic carbocycles. The van der Waals surface area contributed by atoms with Crippen LogP contribution in [0.2, 0.25) is 5.02 Å². The fraction of sp³-hybridized carbons (Fsp3) is 0.188. The topological polar surface area (TPSA) is 52.0 Å². The van der Waals surface area contributed by atoms with Gasteiger partial charge in [0.1, 0.15) is 17.4 Å². The van der Waals surface area contributed by atoms with Crippen molar-refractivity contribution < 1.29 is 4.42 Å². The number of nitrogens with two attached hydrogens (primary N) is 1. The number of fused-ring (bicyclic) bond motifs is 1.